The number of alkyl halides is 3. The van der Waals surface area contributed by atoms with E-state index < -0.39 is 26.9 Å². The van der Waals surface area contributed by atoms with Gasteiger partial charge in [0.25, 0.3) is 0 Å². The Hall–Kier alpha value is -1.11. The SMILES string of the molecule is O=S(=O)(F)c1ccc(C(F)(F)F)cc1. The van der Waals surface area contributed by atoms with Crippen molar-refractivity contribution in [1.82, 2.24) is 0 Å². The highest BCUT2D eigenvalue weighted by Gasteiger charge is 2.30. The molecule has 0 aliphatic rings. The van der Waals surface area contributed by atoms with Gasteiger partial charge in [-0.15, -0.1) is 3.89 Å². The molecule has 0 heterocycles. The topological polar surface area (TPSA) is 34.1 Å². The lowest BCUT2D eigenvalue weighted by molar-refractivity contribution is -0.137. The molecule has 0 N–H and O–H groups in total. The first-order chi connectivity index (χ1) is 6.21. The molecule has 0 aliphatic carbocycles. The normalized spacial score (nSPS) is 12.9. The lowest BCUT2D eigenvalue weighted by Gasteiger charge is -2.05. The molecule has 78 valence electrons. The Bertz CT molecular complexity index is 418. The van der Waals surface area contributed by atoms with Crippen molar-refractivity contribution in [3.05, 3.63) is 29.8 Å². The maximum absolute atomic E-state index is 12.2. The molecule has 0 saturated heterocycles. The van der Waals surface area contributed by atoms with Crippen LogP contribution in [-0.2, 0) is 16.4 Å². The number of hydrogen-bond acceptors (Lipinski definition) is 2. The molecule has 0 unspecified atom stereocenters. The van der Waals surface area contributed by atoms with E-state index in [4.69, 9.17) is 0 Å². The first kappa shape index (κ1) is 11.0. The van der Waals surface area contributed by atoms with Crippen LogP contribution in [0.1, 0.15) is 5.56 Å². The predicted molar refractivity (Wildman–Crippen MR) is 39.7 cm³/mol. The van der Waals surface area contributed by atoms with Crippen molar-refractivity contribution in [2.45, 2.75) is 11.1 Å². The lowest BCUT2D eigenvalue weighted by Crippen LogP contribution is -2.04. The molecule has 0 amide bonds. The van der Waals surface area contributed by atoms with Gasteiger partial charge in [-0.25, -0.2) is 0 Å². The fraction of sp³-hybridized carbons (Fsp3) is 0.143. The largest absolute Gasteiger partial charge is 0.416 e. The molecule has 0 saturated carbocycles. The zero-order valence-corrected chi connectivity index (χ0v) is 7.36. The minimum absolute atomic E-state index is 0.506. The van der Waals surface area contributed by atoms with E-state index >= 15 is 0 Å². The van der Waals surface area contributed by atoms with Crippen molar-refractivity contribution in [1.29, 1.82) is 0 Å². The van der Waals surface area contributed by atoms with Crippen molar-refractivity contribution in [3.8, 4) is 0 Å². The molecular weight excluding hydrogens is 224 g/mol. The molecule has 0 radical (unpaired) electrons. The van der Waals surface area contributed by atoms with Crippen LogP contribution in [0.4, 0.5) is 17.1 Å². The van der Waals surface area contributed by atoms with Crippen molar-refractivity contribution in [3.63, 3.8) is 0 Å². The third-order valence-electron chi connectivity index (χ3n) is 1.46. The second kappa shape index (κ2) is 3.23. The highest BCUT2D eigenvalue weighted by Crippen LogP contribution is 2.29. The van der Waals surface area contributed by atoms with E-state index in [0.717, 1.165) is 0 Å². The Morgan fingerprint density at radius 3 is 1.71 bits per heavy atom. The molecule has 14 heavy (non-hydrogen) atoms. The third-order valence-corrected chi connectivity index (χ3v) is 2.30. The van der Waals surface area contributed by atoms with E-state index in [9.17, 15) is 25.5 Å². The molecule has 0 aromatic heterocycles. The average molecular weight is 228 g/mol. The van der Waals surface area contributed by atoms with Crippen molar-refractivity contribution < 1.29 is 25.5 Å². The summed E-state index contributed by atoms with van der Waals surface area (Å²) in [6.07, 6.45) is -4.56. The van der Waals surface area contributed by atoms with Crippen LogP contribution in [0.25, 0.3) is 0 Å². The van der Waals surface area contributed by atoms with E-state index in [2.05, 4.69) is 0 Å². The Balaban J connectivity index is 3.14. The lowest BCUT2D eigenvalue weighted by atomic mass is 10.2. The van der Waals surface area contributed by atoms with Gasteiger partial charge >= 0.3 is 16.4 Å². The van der Waals surface area contributed by atoms with Gasteiger partial charge in [-0.3, -0.25) is 0 Å². The van der Waals surface area contributed by atoms with Gasteiger partial charge in [-0.2, -0.15) is 21.6 Å². The zero-order valence-electron chi connectivity index (χ0n) is 6.55. The van der Waals surface area contributed by atoms with Crippen LogP contribution < -0.4 is 0 Å². The summed E-state index contributed by atoms with van der Waals surface area (Å²) in [4.78, 5) is -0.787. The first-order valence-electron chi connectivity index (χ1n) is 3.33. The van der Waals surface area contributed by atoms with E-state index in [1.54, 1.807) is 0 Å². The van der Waals surface area contributed by atoms with Crippen LogP contribution in [0.15, 0.2) is 29.2 Å². The van der Waals surface area contributed by atoms with Gasteiger partial charge in [0, 0.05) is 0 Å². The molecular formula is C7H4F4O2S. The maximum Gasteiger partial charge on any atom is 0.416 e. The number of benzene rings is 1. The molecule has 0 bridgehead atoms. The second-order valence-corrected chi connectivity index (χ2v) is 3.81. The van der Waals surface area contributed by atoms with Crippen LogP contribution in [0.5, 0.6) is 0 Å². The van der Waals surface area contributed by atoms with Gasteiger partial charge in [-0.1, -0.05) is 0 Å². The van der Waals surface area contributed by atoms with Gasteiger partial charge < -0.3 is 0 Å². The third kappa shape index (κ3) is 2.44. The van der Waals surface area contributed by atoms with Crippen LogP contribution in [0.3, 0.4) is 0 Å². The summed E-state index contributed by atoms with van der Waals surface area (Å²) < 4.78 is 68.7. The van der Waals surface area contributed by atoms with E-state index in [1.165, 1.54) is 0 Å². The van der Waals surface area contributed by atoms with Crippen LogP contribution in [0, 0.1) is 0 Å². The van der Waals surface area contributed by atoms with Gasteiger partial charge in [0.15, 0.2) is 0 Å². The summed E-state index contributed by atoms with van der Waals surface area (Å²) in [5, 5.41) is 0. The maximum atomic E-state index is 12.2. The number of hydrogen-bond donors (Lipinski definition) is 0. The Morgan fingerprint density at radius 1 is 1.00 bits per heavy atom. The summed E-state index contributed by atoms with van der Waals surface area (Å²) in [5.74, 6) is 0. The van der Waals surface area contributed by atoms with Gasteiger partial charge in [0.05, 0.1) is 10.5 Å². The molecule has 0 atom stereocenters. The highest BCUT2D eigenvalue weighted by molar-refractivity contribution is 7.86. The molecule has 0 fully saturated rings. The summed E-state index contributed by atoms with van der Waals surface area (Å²) in [5.41, 5.74) is -1.02. The van der Waals surface area contributed by atoms with Gasteiger partial charge in [0.1, 0.15) is 0 Å². The fourth-order valence-corrected chi connectivity index (χ4v) is 1.27. The number of halogens is 4. The monoisotopic (exact) mass is 228 g/mol. The summed E-state index contributed by atoms with van der Waals surface area (Å²) >= 11 is 0. The van der Waals surface area contributed by atoms with Crippen LogP contribution in [-0.4, -0.2) is 8.42 Å². The molecule has 2 nitrogen and oxygen atoms in total. The summed E-state index contributed by atoms with van der Waals surface area (Å²) in [6, 6.07) is 2.15. The van der Waals surface area contributed by atoms with Gasteiger partial charge in [-0.05, 0) is 24.3 Å². The first-order valence-corrected chi connectivity index (χ1v) is 4.71. The van der Waals surface area contributed by atoms with Crippen molar-refractivity contribution in [2.75, 3.05) is 0 Å². The van der Waals surface area contributed by atoms with Crippen LogP contribution in [0.2, 0.25) is 0 Å². The fourth-order valence-electron chi connectivity index (χ4n) is 0.806. The number of rotatable bonds is 1. The highest BCUT2D eigenvalue weighted by atomic mass is 32.3. The molecule has 1 rings (SSSR count). The molecule has 1 aromatic rings. The van der Waals surface area contributed by atoms with E-state index in [1.807, 2.05) is 0 Å². The quantitative estimate of drug-likeness (QED) is 0.546. The Morgan fingerprint density at radius 2 is 1.43 bits per heavy atom. The van der Waals surface area contributed by atoms with Crippen LogP contribution >= 0.6 is 0 Å². The van der Waals surface area contributed by atoms with Gasteiger partial charge in [0.2, 0.25) is 0 Å². The summed E-state index contributed by atoms with van der Waals surface area (Å²) in [7, 11) is -4.93. The van der Waals surface area contributed by atoms with E-state index in [-0.39, 0.29) is 0 Å². The Labute approximate surface area is 77.4 Å². The minimum atomic E-state index is -4.93. The molecule has 1 aromatic carbocycles. The molecule has 0 aliphatic heterocycles. The zero-order chi connectivity index (χ0) is 11.0. The van der Waals surface area contributed by atoms with E-state index in [0.29, 0.717) is 24.3 Å². The smallest absolute Gasteiger partial charge is 0.189 e. The predicted octanol–water partition coefficient (Wildman–Crippen LogP) is 2.36. The molecule has 0 spiro atoms. The standard InChI is InChI=1S/C7H4F4O2S/c8-7(9,10)5-1-3-6(4-2-5)14(11,12)13/h1-4H. The van der Waals surface area contributed by atoms with Crippen molar-refractivity contribution >= 4 is 10.2 Å². The van der Waals surface area contributed by atoms with Crippen molar-refractivity contribution in [2.24, 2.45) is 0 Å². The average Bonchev–Trinajstić information content (AvgIpc) is 2.01. The Kier molecular flexibility index (Phi) is 2.53. The molecule has 7 heteroatoms. The second-order valence-electron chi connectivity index (χ2n) is 2.46. The minimum Gasteiger partial charge on any atom is -0.189 e. The summed E-state index contributed by atoms with van der Waals surface area (Å²) in [6.45, 7) is 0.